The predicted octanol–water partition coefficient (Wildman–Crippen LogP) is 0.196. The van der Waals surface area contributed by atoms with Gasteiger partial charge in [0.2, 0.25) is 10.0 Å². The van der Waals surface area contributed by atoms with Crippen LogP contribution >= 0.6 is 0 Å². The first kappa shape index (κ1) is 10.9. The molecule has 0 spiro atoms. The van der Waals surface area contributed by atoms with Crippen molar-refractivity contribution in [1.29, 1.82) is 0 Å². The summed E-state index contributed by atoms with van der Waals surface area (Å²) in [5.74, 6) is 0.221. The lowest BCUT2D eigenvalue weighted by atomic mass is 10.2. The maximum absolute atomic E-state index is 11.3. The van der Waals surface area contributed by atoms with Crippen LogP contribution in [0.1, 0.15) is 32.6 Å². The summed E-state index contributed by atoms with van der Waals surface area (Å²) in [5.41, 5.74) is 5.68. The van der Waals surface area contributed by atoms with Crippen LogP contribution in [0.5, 0.6) is 0 Å². The first-order valence-corrected chi connectivity index (χ1v) is 6.44. The molecule has 2 atom stereocenters. The van der Waals surface area contributed by atoms with Crippen molar-refractivity contribution >= 4 is 10.0 Å². The molecule has 78 valence electrons. The smallest absolute Gasteiger partial charge is 0.211 e. The van der Waals surface area contributed by atoms with Crippen molar-refractivity contribution in [2.45, 2.75) is 44.7 Å². The Morgan fingerprint density at radius 3 is 2.62 bits per heavy atom. The van der Waals surface area contributed by atoms with Crippen LogP contribution in [0.2, 0.25) is 0 Å². The minimum Gasteiger partial charge on any atom is -0.328 e. The van der Waals surface area contributed by atoms with Crippen LogP contribution in [-0.4, -0.2) is 26.3 Å². The zero-order valence-electron chi connectivity index (χ0n) is 7.99. The molecule has 1 aliphatic rings. The highest BCUT2D eigenvalue weighted by Crippen LogP contribution is 2.17. The van der Waals surface area contributed by atoms with Gasteiger partial charge in [-0.25, -0.2) is 13.1 Å². The van der Waals surface area contributed by atoms with E-state index >= 15 is 0 Å². The molecule has 0 aliphatic heterocycles. The van der Waals surface area contributed by atoms with E-state index < -0.39 is 10.0 Å². The van der Waals surface area contributed by atoms with E-state index in [0.29, 0.717) is 6.42 Å². The quantitative estimate of drug-likeness (QED) is 0.690. The van der Waals surface area contributed by atoms with E-state index in [-0.39, 0.29) is 17.8 Å². The zero-order valence-corrected chi connectivity index (χ0v) is 8.81. The van der Waals surface area contributed by atoms with Crippen LogP contribution in [0.4, 0.5) is 0 Å². The SMILES string of the molecule is CCCS(=O)(=O)NC1CCC(N)C1. The molecule has 1 rings (SSSR count). The second-order valence-corrected chi connectivity index (χ2v) is 5.58. The number of hydrogen-bond donors (Lipinski definition) is 2. The van der Waals surface area contributed by atoms with Gasteiger partial charge in [0.05, 0.1) is 5.75 Å². The van der Waals surface area contributed by atoms with Gasteiger partial charge in [-0.3, -0.25) is 0 Å². The third-order valence-corrected chi connectivity index (χ3v) is 3.93. The molecular weight excluding hydrogens is 188 g/mol. The van der Waals surface area contributed by atoms with E-state index in [4.69, 9.17) is 5.73 Å². The lowest BCUT2D eigenvalue weighted by molar-refractivity contribution is 0.548. The van der Waals surface area contributed by atoms with Crippen LogP contribution in [-0.2, 0) is 10.0 Å². The molecule has 1 aliphatic carbocycles. The van der Waals surface area contributed by atoms with E-state index in [0.717, 1.165) is 19.3 Å². The Bertz CT molecular complexity index is 251. The highest BCUT2D eigenvalue weighted by Gasteiger charge is 2.25. The third kappa shape index (κ3) is 3.62. The number of sulfonamides is 1. The Kier molecular flexibility index (Phi) is 3.70. The molecule has 3 N–H and O–H groups in total. The lowest BCUT2D eigenvalue weighted by Gasteiger charge is -2.11. The van der Waals surface area contributed by atoms with Crippen LogP contribution in [0.3, 0.4) is 0 Å². The fraction of sp³-hybridized carbons (Fsp3) is 1.00. The molecule has 0 aromatic carbocycles. The molecule has 0 saturated heterocycles. The maximum Gasteiger partial charge on any atom is 0.211 e. The summed E-state index contributed by atoms with van der Waals surface area (Å²) in [6, 6.07) is 0.251. The highest BCUT2D eigenvalue weighted by atomic mass is 32.2. The van der Waals surface area contributed by atoms with Crippen LogP contribution < -0.4 is 10.5 Å². The second kappa shape index (κ2) is 4.39. The summed E-state index contributed by atoms with van der Waals surface area (Å²) in [6.07, 6.45) is 3.25. The Hall–Kier alpha value is -0.130. The summed E-state index contributed by atoms with van der Waals surface area (Å²) in [4.78, 5) is 0. The second-order valence-electron chi connectivity index (χ2n) is 3.71. The van der Waals surface area contributed by atoms with E-state index in [9.17, 15) is 8.42 Å². The maximum atomic E-state index is 11.3. The summed E-state index contributed by atoms with van der Waals surface area (Å²) in [6.45, 7) is 1.86. The molecule has 1 fully saturated rings. The first-order valence-electron chi connectivity index (χ1n) is 4.79. The summed E-state index contributed by atoms with van der Waals surface area (Å²) < 4.78 is 25.4. The molecule has 0 bridgehead atoms. The summed E-state index contributed by atoms with van der Waals surface area (Å²) >= 11 is 0. The van der Waals surface area contributed by atoms with Crippen molar-refractivity contribution in [3.63, 3.8) is 0 Å². The lowest BCUT2D eigenvalue weighted by Crippen LogP contribution is -2.35. The van der Waals surface area contributed by atoms with E-state index in [1.807, 2.05) is 6.92 Å². The van der Waals surface area contributed by atoms with E-state index in [1.165, 1.54) is 0 Å². The van der Waals surface area contributed by atoms with Crippen molar-refractivity contribution in [2.75, 3.05) is 5.75 Å². The number of rotatable bonds is 4. The molecule has 13 heavy (non-hydrogen) atoms. The van der Waals surface area contributed by atoms with Crippen molar-refractivity contribution in [1.82, 2.24) is 4.72 Å². The molecule has 5 heteroatoms. The average molecular weight is 206 g/mol. The molecular formula is C8H18N2O2S. The van der Waals surface area contributed by atoms with Crippen LogP contribution in [0.15, 0.2) is 0 Å². The topological polar surface area (TPSA) is 72.2 Å². The predicted molar refractivity (Wildman–Crippen MR) is 52.8 cm³/mol. The van der Waals surface area contributed by atoms with Crippen LogP contribution in [0.25, 0.3) is 0 Å². The first-order chi connectivity index (χ1) is 6.03. The standard InChI is InChI=1S/C8H18N2O2S/c1-2-5-13(11,12)10-8-4-3-7(9)6-8/h7-8,10H,2-6,9H2,1H3. The molecule has 0 amide bonds. The zero-order chi connectivity index (χ0) is 9.90. The van der Waals surface area contributed by atoms with Gasteiger partial charge in [-0.2, -0.15) is 0 Å². The monoisotopic (exact) mass is 206 g/mol. The van der Waals surface area contributed by atoms with Gasteiger partial charge in [0, 0.05) is 12.1 Å². The molecule has 0 aromatic heterocycles. The van der Waals surface area contributed by atoms with Gasteiger partial charge in [-0.05, 0) is 25.7 Å². The Balaban J connectivity index is 2.40. The molecule has 1 saturated carbocycles. The highest BCUT2D eigenvalue weighted by molar-refractivity contribution is 7.89. The summed E-state index contributed by atoms with van der Waals surface area (Å²) in [7, 11) is -3.04. The molecule has 0 radical (unpaired) electrons. The van der Waals surface area contributed by atoms with Gasteiger partial charge >= 0.3 is 0 Å². The van der Waals surface area contributed by atoms with Crippen molar-refractivity contribution < 1.29 is 8.42 Å². The molecule has 0 heterocycles. The fourth-order valence-corrected chi connectivity index (χ4v) is 3.08. The van der Waals surface area contributed by atoms with Crippen molar-refractivity contribution in [2.24, 2.45) is 5.73 Å². The van der Waals surface area contributed by atoms with Crippen molar-refractivity contribution in [3.8, 4) is 0 Å². The Morgan fingerprint density at radius 2 is 2.15 bits per heavy atom. The van der Waals surface area contributed by atoms with Gasteiger partial charge in [0.15, 0.2) is 0 Å². The van der Waals surface area contributed by atoms with E-state index in [1.54, 1.807) is 0 Å². The number of hydrogen-bond acceptors (Lipinski definition) is 3. The van der Waals surface area contributed by atoms with E-state index in [2.05, 4.69) is 4.72 Å². The average Bonchev–Trinajstić information content (AvgIpc) is 2.34. The largest absolute Gasteiger partial charge is 0.328 e. The third-order valence-electron chi connectivity index (χ3n) is 2.29. The number of nitrogens with one attached hydrogen (secondary N) is 1. The van der Waals surface area contributed by atoms with Gasteiger partial charge in [-0.15, -0.1) is 0 Å². The van der Waals surface area contributed by atoms with Gasteiger partial charge in [0.25, 0.3) is 0 Å². The number of nitrogens with two attached hydrogens (primary N) is 1. The molecule has 2 unspecified atom stereocenters. The Labute approximate surface area is 79.9 Å². The Morgan fingerprint density at radius 1 is 1.46 bits per heavy atom. The summed E-state index contributed by atoms with van der Waals surface area (Å²) in [5, 5.41) is 0. The fourth-order valence-electron chi connectivity index (χ4n) is 1.71. The minimum atomic E-state index is -3.04. The molecule has 0 aromatic rings. The molecule has 4 nitrogen and oxygen atoms in total. The normalized spacial score (nSPS) is 29.4. The van der Waals surface area contributed by atoms with Gasteiger partial charge in [0.1, 0.15) is 0 Å². The minimum absolute atomic E-state index is 0.0755. The van der Waals surface area contributed by atoms with Crippen molar-refractivity contribution in [3.05, 3.63) is 0 Å². The van der Waals surface area contributed by atoms with Gasteiger partial charge < -0.3 is 5.73 Å². The van der Waals surface area contributed by atoms with Crippen LogP contribution in [0, 0.1) is 0 Å². The van der Waals surface area contributed by atoms with Gasteiger partial charge in [-0.1, -0.05) is 6.92 Å².